The summed E-state index contributed by atoms with van der Waals surface area (Å²) in [5, 5.41) is 0. The molecule has 0 aliphatic carbocycles. The average molecular weight is 236 g/mol. The van der Waals surface area contributed by atoms with Gasteiger partial charge in [-0.2, -0.15) is 8.78 Å². The summed E-state index contributed by atoms with van der Waals surface area (Å²) in [6, 6.07) is 5.16. The van der Waals surface area contributed by atoms with Gasteiger partial charge in [-0.3, -0.25) is 4.98 Å². The number of hydrogen-bond acceptors (Lipinski definition) is 3. The van der Waals surface area contributed by atoms with Crippen LogP contribution in [0.5, 0.6) is 5.88 Å². The Labute approximate surface area is 97.1 Å². The van der Waals surface area contributed by atoms with Crippen molar-refractivity contribution in [1.82, 2.24) is 9.97 Å². The van der Waals surface area contributed by atoms with Gasteiger partial charge >= 0.3 is 6.61 Å². The Morgan fingerprint density at radius 3 is 2.71 bits per heavy atom. The van der Waals surface area contributed by atoms with Crippen molar-refractivity contribution in [2.45, 2.75) is 13.5 Å². The van der Waals surface area contributed by atoms with Crippen LogP contribution in [0.15, 0.2) is 36.8 Å². The van der Waals surface area contributed by atoms with Crippen LogP contribution in [0.1, 0.15) is 5.56 Å². The fourth-order valence-corrected chi connectivity index (χ4v) is 1.51. The number of alkyl halides is 2. The maximum Gasteiger partial charge on any atom is 0.388 e. The van der Waals surface area contributed by atoms with E-state index < -0.39 is 6.61 Å². The second kappa shape index (κ2) is 4.86. The number of rotatable bonds is 3. The highest BCUT2D eigenvalue weighted by Gasteiger charge is 2.08. The molecule has 0 bridgehead atoms. The molecule has 0 radical (unpaired) electrons. The third kappa shape index (κ3) is 2.75. The molecule has 2 aromatic rings. The largest absolute Gasteiger partial charge is 0.417 e. The van der Waals surface area contributed by atoms with Gasteiger partial charge in [0, 0.05) is 35.8 Å². The Kier molecular flexibility index (Phi) is 3.27. The molecule has 2 heterocycles. The van der Waals surface area contributed by atoms with E-state index in [1.807, 2.05) is 13.0 Å². The number of halogens is 2. The molecule has 0 fully saturated rings. The summed E-state index contributed by atoms with van der Waals surface area (Å²) < 4.78 is 28.2. The van der Waals surface area contributed by atoms with E-state index in [0.717, 1.165) is 16.7 Å². The van der Waals surface area contributed by atoms with Crippen molar-refractivity contribution in [2.75, 3.05) is 0 Å². The van der Waals surface area contributed by atoms with Gasteiger partial charge < -0.3 is 4.74 Å². The van der Waals surface area contributed by atoms with Crippen LogP contribution in [-0.4, -0.2) is 16.6 Å². The second-order valence-electron chi connectivity index (χ2n) is 3.46. The molecule has 0 aliphatic heterocycles. The third-order valence-electron chi connectivity index (χ3n) is 2.27. The second-order valence-corrected chi connectivity index (χ2v) is 3.46. The van der Waals surface area contributed by atoms with Crippen LogP contribution in [-0.2, 0) is 0 Å². The molecule has 0 aliphatic rings. The van der Waals surface area contributed by atoms with Gasteiger partial charge in [-0.1, -0.05) is 6.07 Å². The van der Waals surface area contributed by atoms with Crippen LogP contribution in [0, 0.1) is 6.92 Å². The van der Waals surface area contributed by atoms with Crippen LogP contribution >= 0.6 is 0 Å². The van der Waals surface area contributed by atoms with Crippen LogP contribution in [0.4, 0.5) is 8.78 Å². The fourth-order valence-electron chi connectivity index (χ4n) is 1.51. The van der Waals surface area contributed by atoms with E-state index in [1.165, 1.54) is 12.3 Å². The summed E-state index contributed by atoms with van der Waals surface area (Å²) in [5.74, 6) is -0.0786. The molecule has 0 saturated heterocycles. The molecule has 0 atom stereocenters. The lowest BCUT2D eigenvalue weighted by Crippen LogP contribution is -2.03. The number of hydrogen-bond donors (Lipinski definition) is 0. The van der Waals surface area contributed by atoms with Crippen molar-refractivity contribution in [3.63, 3.8) is 0 Å². The summed E-state index contributed by atoms with van der Waals surface area (Å²) in [6.07, 6.45) is 4.86. The van der Waals surface area contributed by atoms with Crippen LogP contribution < -0.4 is 4.74 Å². The first kappa shape index (κ1) is 11.4. The van der Waals surface area contributed by atoms with Crippen molar-refractivity contribution in [2.24, 2.45) is 0 Å². The summed E-state index contributed by atoms with van der Waals surface area (Å²) >= 11 is 0. The highest BCUT2D eigenvalue weighted by Crippen LogP contribution is 2.24. The lowest BCUT2D eigenvalue weighted by Gasteiger charge is -2.08. The van der Waals surface area contributed by atoms with E-state index in [4.69, 9.17) is 0 Å². The topological polar surface area (TPSA) is 35.0 Å². The highest BCUT2D eigenvalue weighted by atomic mass is 19.3. The molecular formula is C12H10F2N2O. The summed E-state index contributed by atoms with van der Waals surface area (Å²) in [7, 11) is 0. The normalized spacial score (nSPS) is 10.6. The van der Waals surface area contributed by atoms with E-state index in [0.29, 0.717) is 0 Å². The molecule has 2 aromatic heterocycles. The molecule has 3 nitrogen and oxygen atoms in total. The van der Waals surface area contributed by atoms with Crippen LogP contribution in [0.25, 0.3) is 11.1 Å². The van der Waals surface area contributed by atoms with Crippen molar-refractivity contribution in [1.29, 1.82) is 0 Å². The van der Waals surface area contributed by atoms with Gasteiger partial charge in [0.05, 0.1) is 0 Å². The standard InChI is InChI=1S/C12H10F2N2O/c1-8-5-11(17-12(13)14)16-7-10(8)9-3-2-4-15-6-9/h2-7,12H,1H3. The molecule has 0 amide bonds. The van der Waals surface area contributed by atoms with Crippen molar-refractivity contribution in [3.8, 4) is 17.0 Å². The molecule has 0 N–H and O–H groups in total. The Morgan fingerprint density at radius 2 is 2.12 bits per heavy atom. The maximum absolute atomic E-state index is 12.0. The predicted molar refractivity (Wildman–Crippen MR) is 58.8 cm³/mol. The smallest absolute Gasteiger partial charge is 0.388 e. The van der Waals surface area contributed by atoms with E-state index in [2.05, 4.69) is 14.7 Å². The minimum atomic E-state index is -2.86. The van der Waals surface area contributed by atoms with Gasteiger partial charge in [0.15, 0.2) is 0 Å². The zero-order valence-corrected chi connectivity index (χ0v) is 9.10. The first-order valence-corrected chi connectivity index (χ1v) is 4.98. The SMILES string of the molecule is Cc1cc(OC(F)F)ncc1-c1cccnc1. The van der Waals surface area contributed by atoms with Gasteiger partial charge in [-0.25, -0.2) is 4.98 Å². The molecule has 0 saturated carbocycles. The lowest BCUT2D eigenvalue weighted by molar-refractivity contribution is -0.0528. The summed E-state index contributed by atoms with van der Waals surface area (Å²) in [6.45, 7) is -1.05. The predicted octanol–water partition coefficient (Wildman–Crippen LogP) is 3.05. The third-order valence-corrected chi connectivity index (χ3v) is 2.27. The average Bonchev–Trinajstić information content (AvgIpc) is 2.29. The molecule has 0 aromatic carbocycles. The van der Waals surface area contributed by atoms with Gasteiger partial charge in [-0.05, 0) is 18.6 Å². The zero-order valence-electron chi connectivity index (χ0n) is 9.10. The Balaban J connectivity index is 2.32. The molecule has 17 heavy (non-hydrogen) atoms. The number of aryl methyl sites for hydroxylation is 1. The van der Waals surface area contributed by atoms with Crippen molar-refractivity contribution >= 4 is 0 Å². The lowest BCUT2D eigenvalue weighted by atomic mass is 10.1. The van der Waals surface area contributed by atoms with E-state index >= 15 is 0 Å². The monoisotopic (exact) mass is 236 g/mol. The van der Waals surface area contributed by atoms with Gasteiger partial charge in [0.1, 0.15) is 0 Å². The van der Waals surface area contributed by atoms with Gasteiger partial charge in [-0.15, -0.1) is 0 Å². The highest BCUT2D eigenvalue weighted by molar-refractivity contribution is 5.65. The molecule has 0 unspecified atom stereocenters. The first-order chi connectivity index (χ1) is 8.16. The summed E-state index contributed by atoms with van der Waals surface area (Å²) in [5.41, 5.74) is 2.55. The zero-order chi connectivity index (χ0) is 12.3. The number of pyridine rings is 2. The van der Waals surface area contributed by atoms with Crippen molar-refractivity contribution < 1.29 is 13.5 Å². The Hall–Kier alpha value is -2.04. The Bertz CT molecular complexity index is 503. The van der Waals surface area contributed by atoms with E-state index in [1.54, 1.807) is 18.5 Å². The molecule has 2 rings (SSSR count). The van der Waals surface area contributed by atoms with E-state index in [9.17, 15) is 8.78 Å². The minimum Gasteiger partial charge on any atom is -0.417 e. The molecule has 5 heteroatoms. The maximum atomic E-state index is 12.0. The fraction of sp³-hybridized carbons (Fsp3) is 0.167. The number of aromatic nitrogens is 2. The molecule has 88 valence electrons. The summed E-state index contributed by atoms with van der Waals surface area (Å²) in [4.78, 5) is 7.82. The van der Waals surface area contributed by atoms with E-state index in [-0.39, 0.29) is 5.88 Å². The van der Waals surface area contributed by atoms with Crippen LogP contribution in [0.2, 0.25) is 0 Å². The minimum absolute atomic E-state index is 0.0786. The number of ether oxygens (including phenoxy) is 1. The first-order valence-electron chi connectivity index (χ1n) is 4.98. The quantitative estimate of drug-likeness (QED) is 0.821. The molecular weight excluding hydrogens is 226 g/mol. The van der Waals surface area contributed by atoms with Crippen LogP contribution in [0.3, 0.4) is 0 Å². The Morgan fingerprint density at radius 1 is 1.29 bits per heavy atom. The van der Waals surface area contributed by atoms with Crippen molar-refractivity contribution in [3.05, 3.63) is 42.4 Å². The number of nitrogens with zero attached hydrogens (tertiary/aromatic N) is 2. The van der Waals surface area contributed by atoms with Gasteiger partial charge in [0.2, 0.25) is 5.88 Å². The van der Waals surface area contributed by atoms with Gasteiger partial charge in [0.25, 0.3) is 0 Å². The molecule has 0 spiro atoms.